The van der Waals surface area contributed by atoms with Gasteiger partial charge in [-0.05, 0) is 74.0 Å². The van der Waals surface area contributed by atoms with Crippen molar-refractivity contribution in [2.75, 3.05) is 13.2 Å². The highest BCUT2D eigenvalue weighted by Crippen LogP contribution is 2.21. The van der Waals surface area contributed by atoms with Gasteiger partial charge < -0.3 is 79.0 Å². The van der Waals surface area contributed by atoms with Gasteiger partial charge in [-0.2, -0.15) is 0 Å². The Morgan fingerprint density at radius 3 is 1.68 bits per heavy atom. The predicted octanol–water partition coefficient (Wildman–Crippen LogP) is -2.43. The Labute approximate surface area is 445 Å². The second kappa shape index (κ2) is 30.8. The molecule has 426 valence electrons. The number of hydrogen-bond acceptors (Lipinski definition) is 15. The molecule has 9 atom stereocenters. The number of rotatable bonds is 32. The molecule has 0 bridgehead atoms. The number of primary amides is 1. The number of likely N-dealkylation sites (tertiary alicyclic amines) is 1. The highest BCUT2D eigenvalue weighted by atomic mass is 16.4. The molecule has 27 heteroatoms. The van der Waals surface area contributed by atoms with Crippen molar-refractivity contribution in [2.24, 2.45) is 29.2 Å². The number of hydrogen-bond donors (Lipinski definition) is 14. The first-order valence-corrected chi connectivity index (χ1v) is 25.5. The van der Waals surface area contributed by atoms with Crippen LogP contribution in [0.5, 0.6) is 5.75 Å². The van der Waals surface area contributed by atoms with Crippen LogP contribution in [0.3, 0.4) is 0 Å². The first-order chi connectivity index (χ1) is 36.2. The van der Waals surface area contributed by atoms with Crippen molar-refractivity contribution in [1.82, 2.24) is 52.1 Å². The van der Waals surface area contributed by atoms with Crippen LogP contribution in [0.15, 0.2) is 36.8 Å². The number of phenols is 1. The van der Waals surface area contributed by atoms with Gasteiger partial charge in [0.15, 0.2) is 0 Å². The molecule has 77 heavy (non-hydrogen) atoms. The molecule has 2 aromatic rings. The summed E-state index contributed by atoms with van der Waals surface area (Å²) in [4.78, 5) is 154. The van der Waals surface area contributed by atoms with Gasteiger partial charge in [-0.15, -0.1) is 0 Å². The number of nitrogens with two attached hydrogens (primary N) is 2. The summed E-state index contributed by atoms with van der Waals surface area (Å²) < 4.78 is 0. The Morgan fingerprint density at radius 1 is 0.662 bits per heavy atom. The number of aliphatic hydroxyl groups is 1. The molecule has 1 fully saturated rings. The van der Waals surface area contributed by atoms with Crippen LogP contribution in [0.2, 0.25) is 0 Å². The van der Waals surface area contributed by atoms with Gasteiger partial charge in [-0.3, -0.25) is 47.9 Å². The van der Waals surface area contributed by atoms with E-state index in [4.69, 9.17) is 11.5 Å². The summed E-state index contributed by atoms with van der Waals surface area (Å²) in [5.74, 6) is -11.4. The van der Waals surface area contributed by atoms with Gasteiger partial charge in [0.25, 0.3) is 0 Å². The van der Waals surface area contributed by atoms with Gasteiger partial charge in [0.2, 0.25) is 53.2 Å². The first-order valence-electron chi connectivity index (χ1n) is 25.5. The number of aromatic nitrogens is 2. The van der Waals surface area contributed by atoms with E-state index in [1.165, 1.54) is 41.7 Å². The maximum atomic E-state index is 14.7. The summed E-state index contributed by atoms with van der Waals surface area (Å²) in [7, 11) is 0. The highest BCUT2D eigenvalue weighted by Gasteiger charge is 2.41. The average molecular weight is 1090 g/mol. The lowest BCUT2D eigenvalue weighted by atomic mass is 10.0. The van der Waals surface area contributed by atoms with E-state index in [2.05, 4.69) is 47.2 Å². The van der Waals surface area contributed by atoms with Crippen molar-refractivity contribution in [3.8, 4) is 5.75 Å². The second-order valence-corrected chi connectivity index (χ2v) is 20.4. The number of aromatic amines is 1. The number of carboxylic acid groups (broad SMARTS) is 2. The number of aliphatic hydroxyl groups excluding tert-OH is 1. The van der Waals surface area contributed by atoms with Crippen LogP contribution in [-0.4, -0.2) is 168 Å². The van der Waals surface area contributed by atoms with Gasteiger partial charge in [-0.1, -0.05) is 53.7 Å². The van der Waals surface area contributed by atoms with E-state index in [0.29, 0.717) is 17.7 Å². The largest absolute Gasteiger partial charge is 0.508 e. The summed E-state index contributed by atoms with van der Waals surface area (Å²) in [6, 6.07) is -6.96. The molecule has 1 saturated heterocycles. The fourth-order valence-corrected chi connectivity index (χ4v) is 8.44. The number of H-pyrrole nitrogens is 1. The Bertz CT molecular complexity index is 2370. The van der Waals surface area contributed by atoms with Crippen LogP contribution in [0.1, 0.15) is 104 Å². The minimum atomic E-state index is -1.75. The number of carbonyl (C=O) groups is 11. The maximum Gasteiger partial charge on any atom is 0.326 e. The SMILES string of the molecule is CC(C)C[C@H](NC(=O)[C@H](Cc1ccc(O)cc1)NC(=O)[C@@H]1CCCN1C(=O)[C@H](Cc1cnc[nH]1)NC(=O)[C@H](CC(C)C)NC(=O)[C@H](CCC(=O)O)NC(=O)[C@H](CO)NC(=O)[C@H](CC(C)C)NC(=O)[C@@H](N)CC(N)=O)C(=O)O. The molecule has 27 nitrogen and oxygen atoms in total. The van der Waals surface area contributed by atoms with Crippen LogP contribution >= 0.6 is 0 Å². The first kappa shape index (κ1) is 63.6. The summed E-state index contributed by atoms with van der Waals surface area (Å²) in [6.07, 6.45) is 1.24. The average Bonchev–Trinajstić information content (AvgIpc) is 4.06. The van der Waals surface area contributed by atoms with E-state index < -0.39 is 145 Å². The van der Waals surface area contributed by atoms with E-state index in [1.54, 1.807) is 41.5 Å². The van der Waals surface area contributed by atoms with Gasteiger partial charge in [-0.25, -0.2) is 9.78 Å². The molecule has 0 radical (unpaired) electrons. The van der Waals surface area contributed by atoms with Gasteiger partial charge in [0.1, 0.15) is 54.1 Å². The molecule has 0 aliphatic carbocycles. The number of aromatic hydroxyl groups is 1. The summed E-state index contributed by atoms with van der Waals surface area (Å²) in [5, 5.41) is 57.0. The van der Waals surface area contributed by atoms with Crippen LogP contribution in [0.25, 0.3) is 0 Å². The molecule has 0 unspecified atom stereocenters. The van der Waals surface area contributed by atoms with Gasteiger partial charge >= 0.3 is 11.9 Å². The van der Waals surface area contributed by atoms with Gasteiger partial charge in [0, 0.05) is 37.7 Å². The Kier molecular flexibility index (Phi) is 25.4. The number of imidazole rings is 1. The van der Waals surface area contributed by atoms with Crippen LogP contribution in [-0.2, 0) is 65.6 Å². The zero-order valence-electron chi connectivity index (χ0n) is 44.2. The lowest BCUT2D eigenvalue weighted by Crippen LogP contribution is -2.61. The normalized spacial score (nSPS) is 16.4. The topological polar surface area (TPSA) is 437 Å². The quantitative estimate of drug-likeness (QED) is 0.0362. The van der Waals surface area contributed by atoms with E-state index in [1.807, 2.05) is 0 Å². The standard InChI is InChI=1S/C50H76N12O15/c1-25(2)16-33(56-42(68)31(51)21-40(52)65)45(71)61-38(23-63)47(73)55-32(13-14-41(66)67)43(69)57-34(17-26(3)4)44(70)59-36(20-29-22-53-24-54-29)49(75)62-15-7-8-39(62)48(74)58-35(19-28-9-11-30(64)12-10-28)46(72)60-37(50(76)77)18-27(5)6/h9-12,22,24-27,31-39,63-64H,7-8,13-21,23,51H2,1-6H3,(H2,52,65)(H,53,54)(H,55,73)(H,56,68)(H,57,69)(H,58,74)(H,59,70)(H,60,72)(H,61,71)(H,66,67)(H,76,77)/t31-,32-,33-,34-,35-,36-,37-,38-,39-/m0/s1. The van der Waals surface area contributed by atoms with Gasteiger partial charge in [0.05, 0.1) is 25.4 Å². The second-order valence-electron chi connectivity index (χ2n) is 20.4. The molecule has 1 aliphatic rings. The Balaban J connectivity index is 1.89. The van der Waals surface area contributed by atoms with Crippen molar-refractivity contribution >= 4 is 65.1 Å². The third-order valence-electron chi connectivity index (χ3n) is 12.3. The number of nitrogens with one attached hydrogen (secondary N) is 8. The zero-order chi connectivity index (χ0) is 57.7. The molecule has 16 N–H and O–H groups in total. The van der Waals surface area contributed by atoms with E-state index >= 15 is 0 Å². The van der Waals surface area contributed by atoms with E-state index in [-0.39, 0.29) is 68.6 Å². The Morgan fingerprint density at radius 2 is 1.16 bits per heavy atom. The van der Waals surface area contributed by atoms with Crippen LogP contribution < -0.4 is 48.7 Å². The van der Waals surface area contributed by atoms with E-state index in [9.17, 15) is 73.2 Å². The van der Waals surface area contributed by atoms with Crippen molar-refractivity contribution in [1.29, 1.82) is 0 Å². The van der Waals surface area contributed by atoms with Crippen LogP contribution in [0, 0.1) is 17.8 Å². The van der Waals surface area contributed by atoms with Crippen molar-refractivity contribution < 1.29 is 73.2 Å². The lowest BCUT2D eigenvalue weighted by Gasteiger charge is -2.31. The zero-order valence-corrected chi connectivity index (χ0v) is 44.2. The minimum absolute atomic E-state index is 0.0199. The molecular weight excluding hydrogens is 1010 g/mol. The fourth-order valence-electron chi connectivity index (χ4n) is 8.44. The van der Waals surface area contributed by atoms with Crippen molar-refractivity contribution in [3.63, 3.8) is 0 Å². The van der Waals surface area contributed by atoms with Crippen LogP contribution in [0.4, 0.5) is 0 Å². The van der Waals surface area contributed by atoms with E-state index in [0.717, 1.165) is 0 Å². The molecule has 1 aliphatic heterocycles. The highest BCUT2D eigenvalue weighted by molar-refractivity contribution is 5.98. The fraction of sp³-hybridized carbons (Fsp3) is 0.600. The molecular formula is C50H76N12O15. The minimum Gasteiger partial charge on any atom is -0.508 e. The van der Waals surface area contributed by atoms with Crippen molar-refractivity contribution in [2.45, 2.75) is 160 Å². The monoisotopic (exact) mass is 1080 g/mol. The molecule has 9 amide bonds. The number of carboxylic acids is 2. The molecule has 1 aromatic heterocycles. The molecule has 0 spiro atoms. The number of amides is 9. The number of carbonyl (C=O) groups excluding carboxylic acids is 9. The number of benzene rings is 1. The third-order valence-corrected chi connectivity index (χ3v) is 12.3. The molecule has 3 rings (SSSR count). The lowest BCUT2D eigenvalue weighted by molar-refractivity contribution is -0.144. The smallest absolute Gasteiger partial charge is 0.326 e. The number of phenolic OH excluding ortho intramolecular Hbond substituents is 1. The number of aliphatic carboxylic acids is 2. The molecule has 0 saturated carbocycles. The predicted molar refractivity (Wildman–Crippen MR) is 274 cm³/mol. The molecule has 1 aromatic carbocycles. The molecule has 2 heterocycles. The third kappa shape index (κ3) is 21.5. The Hall–Kier alpha value is -7.68. The summed E-state index contributed by atoms with van der Waals surface area (Å²) >= 11 is 0. The van der Waals surface area contributed by atoms with Crippen molar-refractivity contribution in [3.05, 3.63) is 48.0 Å². The summed E-state index contributed by atoms with van der Waals surface area (Å²) in [5.41, 5.74) is 11.8. The maximum absolute atomic E-state index is 14.7. The number of nitrogens with zero attached hydrogens (tertiary/aromatic N) is 2. The summed E-state index contributed by atoms with van der Waals surface area (Å²) in [6.45, 7) is 9.49.